The fourth-order valence-electron chi connectivity index (χ4n) is 3.17. The molecule has 2 heterocycles. The number of fused-ring (bicyclic) bond motifs is 1. The van der Waals surface area contributed by atoms with E-state index in [0.29, 0.717) is 22.0 Å². The minimum Gasteiger partial charge on any atom is -0.310 e. The Hall–Kier alpha value is -2.93. The van der Waals surface area contributed by atoms with Gasteiger partial charge in [0.25, 0.3) is 5.56 Å². The van der Waals surface area contributed by atoms with Gasteiger partial charge in [-0.1, -0.05) is 60.3 Å². The average molecular weight is 381 g/mol. The minimum absolute atomic E-state index is 0.00913. The third-order valence-electron chi connectivity index (χ3n) is 4.43. The highest BCUT2D eigenvalue weighted by Crippen LogP contribution is 2.35. The molecular weight excluding hydrogens is 365 g/mol. The summed E-state index contributed by atoms with van der Waals surface area (Å²) in [6.07, 6.45) is 0.00913. The van der Waals surface area contributed by atoms with Crippen LogP contribution in [0.4, 0.5) is 10.2 Å². The quantitative estimate of drug-likeness (QED) is 0.534. The van der Waals surface area contributed by atoms with Crippen molar-refractivity contribution in [3.05, 3.63) is 87.5 Å². The number of amides is 1. The largest absolute Gasteiger partial charge is 0.310 e. The molecule has 0 saturated heterocycles. The van der Waals surface area contributed by atoms with Crippen LogP contribution < -0.4 is 10.9 Å². The number of rotatable bonds is 4. The monoisotopic (exact) mass is 381 g/mol. The molecule has 0 saturated carbocycles. The van der Waals surface area contributed by atoms with Crippen molar-refractivity contribution in [3.63, 3.8) is 0 Å². The summed E-state index contributed by atoms with van der Waals surface area (Å²) in [5.74, 6) is -0.538. The number of hydrogen-bond acceptors (Lipinski definition) is 4. The Labute approximate surface area is 159 Å². The van der Waals surface area contributed by atoms with Crippen molar-refractivity contribution < 1.29 is 9.18 Å². The van der Waals surface area contributed by atoms with Gasteiger partial charge in [0, 0.05) is 18.1 Å². The first-order valence-corrected chi connectivity index (χ1v) is 9.45. The predicted molar refractivity (Wildman–Crippen MR) is 102 cm³/mol. The number of anilines is 1. The molecule has 1 unspecified atom stereocenters. The van der Waals surface area contributed by atoms with Crippen LogP contribution in [-0.4, -0.2) is 15.9 Å². The van der Waals surface area contributed by atoms with Crippen LogP contribution in [0.3, 0.4) is 0 Å². The van der Waals surface area contributed by atoms with Gasteiger partial charge in [0.1, 0.15) is 11.6 Å². The van der Waals surface area contributed by atoms with E-state index in [1.54, 1.807) is 18.2 Å². The van der Waals surface area contributed by atoms with Gasteiger partial charge in [-0.2, -0.15) is 0 Å². The Morgan fingerprint density at radius 3 is 2.59 bits per heavy atom. The van der Waals surface area contributed by atoms with Crippen molar-refractivity contribution in [1.29, 1.82) is 0 Å². The molecule has 2 aromatic carbocycles. The lowest BCUT2D eigenvalue weighted by Gasteiger charge is -2.24. The molecule has 0 spiro atoms. The number of thioether (sulfide) groups is 1. The van der Waals surface area contributed by atoms with E-state index in [-0.39, 0.29) is 23.7 Å². The van der Waals surface area contributed by atoms with E-state index in [1.165, 1.54) is 17.8 Å². The molecular formula is C20H16FN3O2S. The van der Waals surface area contributed by atoms with Gasteiger partial charge in [0.05, 0.1) is 5.56 Å². The first-order valence-electron chi connectivity index (χ1n) is 8.47. The van der Waals surface area contributed by atoms with E-state index in [4.69, 9.17) is 0 Å². The third kappa shape index (κ3) is 3.64. The van der Waals surface area contributed by atoms with E-state index in [0.717, 1.165) is 5.56 Å². The summed E-state index contributed by atoms with van der Waals surface area (Å²) in [6.45, 7) is 0. The number of carbonyl (C=O) groups excluding carboxylic acids is 1. The van der Waals surface area contributed by atoms with E-state index < -0.39 is 11.7 Å². The van der Waals surface area contributed by atoms with Crippen LogP contribution in [-0.2, 0) is 10.5 Å². The zero-order valence-electron chi connectivity index (χ0n) is 14.2. The molecule has 1 aliphatic heterocycles. The zero-order valence-corrected chi connectivity index (χ0v) is 15.1. The molecule has 136 valence electrons. The molecule has 5 nitrogen and oxygen atoms in total. The fourth-order valence-corrected chi connectivity index (χ4v) is 3.98. The summed E-state index contributed by atoms with van der Waals surface area (Å²) in [6, 6.07) is 16.0. The number of aromatic amines is 1. The summed E-state index contributed by atoms with van der Waals surface area (Å²) in [5.41, 5.74) is 1.36. The van der Waals surface area contributed by atoms with Crippen molar-refractivity contribution >= 4 is 23.5 Å². The van der Waals surface area contributed by atoms with Crippen molar-refractivity contribution in [1.82, 2.24) is 9.97 Å². The van der Waals surface area contributed by atoms with Gasteiger partial charge in [-0.25, -0.2) is 9.37 Å². The number of nitrogens with zero attached hydrogens (tertiary/aromatic N) is 1. The number of benzene rings is 2. The molecule has 1 amide bonds. The number of nitrogens with one attached hydrogen (secondary N) is 2. The molecule has 1 aliphatic rings. The van der Waals surface area contributed by atoms with Crippen LogP contribution >= 0.6 is 11.8 Å². The van der Waals surface area contributed by atoms with Gasteiger partial charge in [0.2, 0.25) is 5.91 Å². The maximum absolute atomic E-state index is 14.2. The van der Waals surface area contributed by atoms with Crippen molar-refractivity contribution in [2.75, 3.05) is 5.32 Å². The van der Waals surface area contributed by atoms with Crippen molar-refractivity contribution in [3.8, 4) is 0 Å². The minimum atomic E-state index is -0.653. The Kier molecular flexibility index (Phi) is 4.77. The maximum Gasteiger partial charge on any atom is 0.257 e. The van der Waals surface area contributed by atoms with Crippen LogP contribution in [0.2, 0.25) is 0 Å². The number of aromatic nitrogens is 2. The average Bonchev–Trinajstić information content (AvgIpc) is 2.66. The zero-order chi connectivity index (χ0) is 18.8. The summed E-state index contributed by atoms with van der Waals surface area (Å²) in [4.78, 5) is 32.0. The summed E-state index contributed by atoms with van der Waals surface area (Å²) < 4.78 is 14.2. The lowest BCUT2D eigenvalue weighted by atomic mass is 9.86. The molecule has 0 radical (unpaired) electrons. The molecule has 7 heteroatoms. The molecule has 4 rings (SSSR count). The van der Waals surface area contributed by atoms with Crippen LogP contribution in [0.5, 0.6) is 0 Å². The maximum atomic E-state index is 14.2. The van der Waals surface area contributed by atoms with E-state index in [9.17, 15) is 14.0 Å². The fraction of sp³-hybridized carbons (Fsp3) is 0.150. The van der Waals surface area contributed by atoms with Gasteiger partial charge >= 0.3 is 0 Å². The van der Waals surface area contributed by atoms with Gasteiger partial charge in [0.15, 0.2) is 5.16 Å². The SMILES string of the molecule is O=C1CC(c2ccccc2F)c2c(nc(SCc3ccccc3)[nH]c2=O)N1. The second kappa shape index (κ2) is 7.36. The smallest absolute Gasteiger partial charge is 0.257 e. The molecule has 27 heavy (non-hydrogen) atoms. The Morgan fingerprint density at radius 2 is 1.81 bits per heavy atom. The Bertz CT molecular complexity index is 1050. The number of carbonyl (C=O) groups is 1. The van der Waals surface area contributed by atoms with E-state index in [2.05, 4.69) is 15.3 Å². The topological polar surface area (TPSA) is 74.8 Å². The van der Waals surface area contributed by atoms with Crippen LogP contribution in [0.1, 0.15) is 29.0 Å². The predicted octanol–water partition coefficient (Wildman–Crippen LogP) is 3.68. The first kappa shape index (κ1) is 17.5. The van der Waals surface area contributed by atoms with Gasteiger partial charge in [-0.15, -0.1) is 0 Å². The molecule has 3 aromatic rings. The highest BCUT2D eigenvalue weighted by atomic mass is 32.2. The van der Waals surface area contributed by atoms with Gasteiger partial charge < -0.3 is 10.3 Å². The van der Waals surface area contributed by atoms with E-state index >= 15 is 0 Å². The summed E-state index contributed by atoms with van der Waals surface area (Å²) >= 11 is 1.37. The van der Waals surface area contributed by atoms with Crippen LogP contribution in [0, 0.1) is 5.82 Å². The highest BCUT2D eigenvalue weighted by molar-refractivity contribution is 7.98. The van der Waals surface area contributed by atoms with Crippen LogP contribution in [0.15, 0.2) is 64.5 Å². The number of halogens is 1. The highest BCUT2D eigenvalue weighted by Gasteiger charge is 2.32. The third-order valence-corrected chi connectivity index (χ3v) is 5.37. The normalized spacial score (nSPS) is 15.9. The summed E-state index contributed by atoms with van der Waals surface area (Å²) in [5, 5.41) is 3.07. The first-order chi connectivity index (χ1) is 13.1. The van der Waals surface area contributed by atoms with Crippen molar-refractivity contribution in [2.24, 2.45) is 0 Å². The second-order valence-electron chi connectivity index (χ2n) is 6.23. The standard InChI is InChI=1S/C20H16FN3O2S/c21-15-9-5-4-8-13(15)14-10-16(25)22-18-17(14)19(26)24-20(23-18)27-11-12-6-2-1-3-7-12/h1-9,14H,10-11H2,(H2,22,23,24,25,26). The van der Waals surface area contributed by atoms with Crippen molar-refractivity contribution in [2.45, 2.75) is 23.2 Å². The molecule has 0 aliphatic carbocycles. The lowest BCUT2D eigenvalue weighted by molar-refractivity contribution is -0.116. The molecule has 0 bridgehead atoms. The number of H-pyrrole nitrogens is 1. The Balaban J connectivity index is 1.69. The van der Waals surface area contributed by atoms with Crippen LogP contribution in [0.25, 0.3) is 0 Å². The second-order valence-corrected chi connectivity index (χ2v) is 7.20. The molecule has 1 aromatic heterocycles. The molecule has 2 N–H and O–H groups in total. The van der Waals surface area contributed by atoms with E-state index in [1.807, 2.05) is 30.3 Å². The number of hydrogen-bond donors (Lipinski definition) is 2. The lowest BCUT2D eigenvalue weighted by Crippen LogP contribution is -2.31. The molecule has 1 atom stereocenters. The van der Waals surface area contributed by atoms with Gasteiger partial charge in [-0.05, 0) is 17.2 Å². The van der Waals surface area contributed by atoms with Gasteiger partial charge in [-0.3, -0.25) is 9.59 Å². The summed E-state index contributed by atoms with van der Waals surface area (Å²) in [7, 11) is 0. The Morgan fingerprint density at radius 1 is 1.07 bits per heavy atom. The molecule has 0 fully saturated rings.